The lowest BCUT2D eigenvalue weighted by molar-refractivity contribution is -0.367. The summed E-state index contributed by atoms with van der Waals surface area (Å²) in [6.45, 7) is 5.21. The monoisotopic (exact) mass is 1030 g/mol. The number of carbonyl (C=O) groups is 5. The van der Waals surface area contributed by atoms with Gasteiger partial charge in [0.2, 0.25) is 6.29 Å². The molecule has 0 radical (unpaired) electrons. The minimum atomic E-state index is -1.71. The number of carbonyl (C=O) groups excluding carboxylic acids is 4. The van der Waals surface area contributed by atoms with Gasteiger partial charge in [0.05, 0.1) is 19.3 Å². The number of carboxylic acids is 1. The Morgan fingerprint density at radius 1 is 0.403 bits per heavy atom. The van der Waals surface area contributed by atoms with E-state index in [1.807, 2.05) is 0 Å². The Morgan fingerprint density at radius 2 is 0.736 bits per heavy atom. The minimum absolute atomic E-state index is 0.000594. The van der Waals surface area contributed by atoms with E-state index >= 15 is 0 Å². The van der Waals surface area contributed by atoms with E-state index in [9.17, 15) is 44.4 Å². The predicted octanol–water partition coefficient (Wildman–Crippen LogP) is 11.0. The van der Waals surface area contributed by atoms with E-state index in [-0.39, 0.29) is 44.9 Å². The largest absolute Gasteiger partial charge is 0.481 e. The zero-order valence-corrected chi connectivity index (χ0v) is 45.0. The van der Waals surface area contributed by atoms with Crippen LogP contribution in [0, 0.1) is 0 Å². The second-order valence-corrected chi connectivity index (χ2v) is 20.3. The Hall–Kier alpha value is -2.89. The summed E-state index contributed by atoms with van der Waals surface area (Å²) in [7, 11) is 0. The Kier molecular flexibility index (Phi) is 38.4. The highest BCUT2D eigenvalue weighted by atomic mass is 16.8. The first-order valence-electron chi connectivity index (χ1n) is 28.8. The van der Waals surface area contributed by atoms with Crippen LogP contribution in [-0.2, 0) is 57.1 Å². The fourth-order valence-electron chi connectivity index (χ4n) is 9.42. The van der Waals surface area contributed by atoms with Gasteiger partial charge in [-0.1, -0.05) is 194 Å². The summed E-state index contributed by atoms with van der Waals surface area (Å²) in [5.74, 6) is -3.87. The van der Waals surface area contributed by atoms with Gasteiger partial charge in [-0.05, 0) is 25.7 Å². The molecule has 4 N–H and O–H groups in total. The van der Waals surface area contributed by atoms with Crippen LogP contribution in [-0.4, -0.2) is 119 Å². The number of rotatable bonds is 45. The van der Waals surface area contributed by atoms with Gasteiger partial charge in [0.25, 0.3) is 0 Å². The highest BCUT2D eigenvalue weighted by Crippen LogP contribution is 2.34. The first kappa shape index (κ1) is 65.2. The molecule has 16 heteroatoms. The molecule has 2 rings (SSSR count). The van der Waals surface area contributed by atoms with Gasteiger partial charge in [-0.25, -0.2) is 0 Å². The molecule has 0 aliphatic carbocycles. The van der Waals surface area contributed by atoms with Crippen LogP contribution >= 0.6 is 0 Å². The van der Waals surface area contributed by atoms with E-state index in [0.717, 1.165) is 77.0 Å². The summed E-state index contributed by atoms with van der Waals surface area (Å²) in [5, 5.41) is 41.1. The zero-order valence-electron chi connectivity index (χ0n) is 45.0. The number of ether oxygens (including phenoxy) is 7. The quantitative estimate of drug-likeness (QED) is 0.0252. The van der Waals surface area contributed by atoms with Crippen LogP contribution in [0.2, 0.25) is 0 Å². The number of unbranched alkanes of at least 4 members (excludes halogenated alkanes) is 27. The molecule has 420 valence electrons. The van der Waals surface area contributed by atoms with Crippen molar-refractivity contribution >= 4 is 29.8 Å². The van der Waals surface area contributed by atoms with Crippen molar-refractivity contribution in [3.05, 3.63) is 0 Å². The Bertz CT molecular complexity index is 1410. The molecular formula is C56H100O16. The van der Waals surface area contributed by atoms with Gasteiger partial charge < -0.3 is 53.6 Å². The van der Waals surface area contributed by atoms with E-state index in [2.05, 4.69) is 20.8 Å². The number of carboxylic acid groups (broad SMARTS) is 1. The lowest BCUT2D eigenvalue weighted by Gasteiger charge is -2.46. The maximum Gasteiger partial charge on any atom is 0.306 e. The average molecular weight is 1030 g/mol. The Morgan fingerprint density at radius 3 is 1.12 bits per heavy atom. The van der Waals surface area contributed by atoms with Crippen molar-refractivity contribution < 1.29 is 77.6 Å². The summed E-state index contributed by atoms with van der Waals surface area (Å²) in [6.07, 6.45) is 18.1. The number of hydrogen-bond donors (Lipinski definition) is 4. The van der Waals surface area contributed by atoms with Gasteiger partial charge in [0.15, 0.2) is 30.7 Å². The minimum Gasteiger partial charge on any atom is -0.481 e. The fourth-order valence-corrected chi connectivity index (χ4v) is 9.42. The summed E-state index contributed by atoms with van der Waals surface area (Å²) in [5.41, 5.74) is 0. The van der Waals surface area contributed by atoms with Crippen molar-refractivity contribution in [2.45, 2.75) is 314 Å². The number of aliphatic hydroxyl groups excluding tert-OH is 3. The second kappa shape index (κ2) is 42.3. The molecular weight excluding hydrogens is 929 g/mol. The van der Waals surface area contributed by atoms with Crippen molar-refractivity contribution in [2.24, 2.45) is 0 Å². The van der Waals surface area contributed by atoms with E-state index < -0.39 is 98.4 Å². The molecule has 0 spiro atoms. The smallest absolute Gasteiger partial charge is 0.306 e. The van der Waals surface area contributed by atoms with Gasteiger partial charge in [-0.15, -0.1) is 0 Å². The molecule has 2 aliphatic heterocycles. The molecule has 2 saturated heterocycles. The van der Waals surface area contributed by atoms with E-state index in [1.54, 1.807) is 0 Å². The van der Waals surface area contributed by atoms with Gasteiger partial charge >= 0.3 is 29.8 Å². The van der Waals surface area contributed by atoms with Gasteiger partial charge in [0, 0.05) is 38.5 Å². The highest BCUT2D eigenvalue weighted by Gasteiger charge is 2.54. The van der Waals surface area contributed by atoms with Crippen molar-refractivity contribution in [3.63, 3.8) is 0 Å². The molecule has 2 heterocycles. The van der Waals surface area contributed by atoms with Crippen LogP contribution in [0.4, 0.5) is 0 Å². The number of aliphatic carboxylic acids is 1. The van der Waals surface area contributed by atoms with Gasteiger partial charge in [0.1, 0.15) is 12.2 Å². The fraction of sp³-hybridized carbons (Fsp3) is 0.911. The molecule has 9 atom stereocenters. The predicted molar refractivity (Wildman–Crippen MR) is 274 cm³/mol. The van der Waals surface area contributed by atoms with Crippen LogP contribution in [0.3, 0.4) is 0 Å². The van der Waals surface area contributed by atoms with Crippen molar-refractivity contribution in [3.8, 4) is 0 Å². The number of esters is 4. The SMILES string of the molecule is CCCCCCCCCCCCC(=O)O[C@@H]1[C@@H](OC(=O)CCCC(=O)O)[C@@H](O[C@H]2O[C@H](CO)[C@@H](O)C[C@H]2OC(=O)CCCCCCCCCCCC)O[C@H](CO)[C@H]1OC(=O)CCCCCCCCCCCC. The van der Waals surface area contributed by atoms with E-state index in [0.29, 0.717) is 19.3 Å². The molecule has 72 heavy (non-hydrogen) atoms. The number of hydrogen-bond acceptors (Lipinski definition) is 15. The summed E-state index contributed by atoms with van der Waals surface area (Å²) in [4.78, 5) is 65.5. The molecule has 0 saturated carbocycles. The second-order valence-electron chi connectivity index (χ2n) is 20.3. The molecule has 2 fully saturated rings. The summed E-state index contributed by atoms with van der Waals surface area (Å²) >= 11 is 0. The van der Waals surface area contributed by atoms with Crippen LogP contribution in [0.15, 0.2) is 0 Å². The number of aliphatic hydroxyl groups is 3. The van der Waals surface area contributed by atoms with E-state index in [4.69, 9.17) is 33.2 Å². The maximum absolute atomic E-state index is 13.8. The molecule has 0 bridgehead atoms. The van der Waals surface area contributed by atoms with Crippen LogP contribution < -0.4 is 0 Å². The van der Waals surface area contributed by atoms with Gasteiger partial charge in [-0.3, -0.25) is 24.0 Å². The Balaban J connectivity index is 2.31. The van der Waals surface area contributed by atoms with Crippen molar-refractivity contribution in [1.29, 1.82) is 0 Å². The lowest BCUT2D eigenvalue weighted by Crippen LogP contribution is -2.64. The first-order valence-corrected chi connectivity index (χ1v) is 28.8. The summed E-state index contributed by atoms with van der Waals surface area (Å²) in [6, 6.07) is 0. The zero-order chi connectivity index (χ0) is 52.6. The molecule has 0 aromatic carbocycles. The summed E-state index contributed by atoms with van der Waals surface area (Å²) < 4.78 is 42.4. The lowest BCUT2D eigenvalue weighted by atomic mass is 9.97. The van der Waals surface area contributed by atoms with Crippen LogP contribution in [0.5, 0.6) is 0 Å². The standard InChI is InChI=1S/C56H100O16/c1-4-7-10-13-16-19-22-25-28-31-36-48(62)66-44-40-43(59)45(41-57)67-55(44)72-56-54(71-51(65)39-34-35-47(60)61)53(70-50(64)38-33-30-27-24-21-18-15-12-9-6-3)52(46(42-58)68-56)69-49(63)37-32-29-26-23-20-17-14-11-8-5-2/h43-46,52-59H,4-42H2,1-3H3,(H,60,61)/t43-,44+,45+,46+,52+,53-,54+,55+,56+/m0/s1. The molecule has 0 unspecified atom stereocenters. The van der Waals surface area contributed by atoms with Crippen LogP contribution in [0.25, 0.3) is 0 Å². The first-order chi connectivity index (χ1) is 35.0. The maximum atomic E-state index is 13.8. The van der Waals surface area contributed by atoms with Crippen molar-refractivity contribution in [1.82, 2.24) is 0 Å². The van der Waals surface area contributed by atoms with Crippen LogP contribution in [0.1, 0.15) is 258 Å². The molecule has 0 aromatic rings. The molecule has 2 aliphatic rings. The van der Waals surface area contributed by atoms with E-state index in [1.165, 1.54) is 96.3 Å². The third-order valence-corrected chi connectivity index (χ3v) is 13.8. The highest BCUT2D eigenvalue weighted by molar-refractivity contribution is 5.73. The average Bonchev–Trinajstić information content (AvgIpc) is 3.35. The third kappa shape index (κ3) is 29.9. The van der Waals surface area contributed by atoms with Crippen molar-refractivity contribution in [2.75, 3.05) is 13.2 Å². The molecule has 16 nitrogen and oxygen atoms in total. The molecule has 0 amide bonds. The topological polar surface area (TPSA) is 231 Å². The van der Waals surface area contributed by atoms with Gasteiger partial charge in [-0.2, -0.15) is 0 Å². The molecule has 0 aromatic heterocycles. The normalized spacial score (nSPS) is 23.1. The Labute approximate surface area is 433 Å². The third-order valence-electron chi connectivity index (χ3n) is 13.8.